The van der Waals surface area contributed by atoms with E-state index in [0.29, 0.717) is 5.56 Å². The average molecular weight is 330 g/mol. The van der Waals surface area contributed by atoms with E-state index in [-0.39, 0.29) is 30.6 Å². The number of nitrogens with zero attached hydrogens (tertiary/aromatic N) is 1. The lowest BCUT2D eigenvalue weighted by Crippen LogP contribution is -2.44. The van der Waals surface area contributed by atoms with Crippen LogP contribution in [0.5, 0.6) is 0 Å². The number of hydrogen-bond acceptors (Lipinski definition) is 3. The number of carbonyl (C=O) groups excluding carboxylic acids is 2. The Kier molecular flexibility index (Phi) is 6.98. The second kappa shape index (κ2) is 8.97. The van der Waals surface area contributed by atoms with Gasteiger partial charge in [-0.25, -0.2) is 0 Å². The molecule has 0 unspecified atom stereocenters. The highest BCUT2D eigenvalue weighted by Gasteiger charge is 2.20. The summed E-state index contributed by atoms with van der Waals surface area (Å²) in [6, 6.07) is 6.00. The number of nitrogens with one attached hydrogen (secondary N) is 1. The van der Waals surface area contributed by atoms with E-state index in [1.807, 2.05) is 32.0 Å². The van der Waals surface area contributed by atoms with Gasteiger partial charge < -0.3 is 10.2 Å². The van der Waals surface area contributed by atoms with Crippen LogP contribution in [0.3, 0.4) is 0 Å². The lowest BCUT2D eigenvalue weighted by atomic mass is 10.0. The van der Waals surface area contributed by atoms with Crippen LogP contribution >= 0.6 is 0 Å². The van der Waals surface area contributed by atoms with Crippen LogP contribution in [0.2, 0.25) is 0 Å². The second-order valence-corrected chi connectivity index (χ2v) is 6.91. The normalized spacial score (nSPS) is 16.1. The zero-order chi connectivity index (χ0) is 17.5. The van der Waals surface area contributed by atoms with E-state index >= 15 is 0 Å². The molecule has 4 nitrogen and oxygen atoms in total. The van der Waals surface area contributed by atoms with Gasteiger partial charge in [0, 0.05) is 37.5 Å². The first kappa shape index (κ1) is 18.7. The molecule has 0 bridgehead atoms. The summed E-state index contributed by atoms with van der Waals surface area (Å²) in [6.07, 6.45) is 3.76. The zero-order valence-electron chi connectivity index (χ0n) is 15.2. The van der Waals surface area contributed by atoms with E-state index in [1.165, 1.54) is 12.0 Å². The van der Waals surface area contributed by atoms with Gasteiger partial charge >= 0.3 is 0 Å². The standard InChI is InChI=1S/C20H30N2O2/c1-4-11-22-12-9-18(10-13-22)21-20(24)8-7-19(23)17-6-5-15(2)16(3)14-17/h5-6,14,18H,4,7-13H2,1-3H3,(H,21,24). The summed E-state index contributed by atoms with van der Waals surface area (Å²) in [5, 5.41) is 3.09. The summed E-state index contributed by atoms with van der Waals surface area (Å²) in [4.78, 5) is 26.8. The molecule has 4 heteroatoms. The molecule has 1 aliphatic heterocycles. The largest absolute Gasteiger partial charge is 0.353 e. The lowest BCUT2D eigenvalue weighted by molar-refractivity contribution is -0.122. The fourth-order valence-corrected chi connectivity index (χ4v) is 3.20. The Bertz CT molecular complexity index is 575. The number of rotatable bonds is 7. The first-order chi connectivity index (χ1) is 11.5. The van der Waals surface area contributed by atoms with Crippen LogP contribution < -0.4 is 5.32 Å². The Hall–Kier alpha value is -1.68. The minimum atomic E-state index is 0.00104. The van der Waals surface area contributed by atoms with Crippen molar-refractivity contribution >= 4 is 11.7 Å². The Labute approximate surface area is 145 Å². The third kappa shape index (κ3) is 5.45. The van der Waals surface area contributed by atoms with Crippen LogP contribution in [-0.4, -0.2) is 42.3 Å². The van der Waals surface area contributed by atoms with Gasteiger partial charge in [0.25, 0.3) is 0 Å². The third-order valence-electron chi connectivity index (χ3n) is 4.90. The number of amides is 1. The van der Waals surface area contributed by atoms with Crippen LogP contribution in [0, 0.1) is 13.8 Å². The molecule has 0 aromatic heterocycles. The summed E-state index contributed by atoms with van der Waals surface area (Å²) < 4.78 is 0. The van der Waals surface area contributed by atoms with E-state index in [2.05, 4.69) is 17.1 Å². The maximum absolute atomic E-state index is 12.2. The quantitative estimate of drug-likeness (QED) is 0.781. The van der Waals surface area contributed by atoms with Gasteiger partial charge in [0.15, 0.2) is 5.78 Å². The molecule has 2 rings (SSSR count). The fourth-order valence-electron chi connectivity index (χ4n) is 3.20. The number of benzene rings is 1. The number of likely N-dealkylation sites (tertiary alicyclic amines) is 1. The number of Topliss-reactive ketones (excluding diaryl/α,β-unsaturated/α-hetero) is 1. The number of ketones is 1. The minimum Gasteiger partial charge on any atom is -0.353 e. The smallest absolute Gasteiger partial charge is 0.220 e. The molecule has 0 aliphatic carbocycles. The van der Waals surface area contributed by atoms with Gasteiger partial charge in [0.2, 0.25) is 5.91 Å². The predicted octanol–water partition coefficient (Wildman–Crippen LogP) is 3.26. The predicted molar refractivity (Wildman–Crippen MR) is 97.4 cm³/mol. The van der Waals surface area contributed by atoms with Crippen LogP contribution in [-0.2, 0) is 4.79 Å². The first-order valence-corrected chi connectivity index (χ1v) is 9.11. The maximum atomic E-state index is 12.2. The minimum absolute atomic E-state index is 0.00104. The van der Waals surface area contributed by atoms with Crippen molar-refractivity contribution in [2.45, 2.75) is 58.9 Å². The summed E-state index contributed by atoms with van der Waals surface area (Å²) in [5.41, 5.74) is 3.00. The third-order valence-corrected chi connectivity index (χ3v) is 4.90. The molecule has 132 valence electrons. The second-order valence-electron chi connectivity index (χ2n) is 6.91. The molecule has 1 aromatic carbocycles. The van der Waals surface area contributed by atoms with Gasteiger partial charge in [-0.1, -0.05) is 19.1 Å². The van der Waals surface area contributed by atoms with Gasteiger partial charge in [0.05, 0.1) is 0 Å². The van der Waals surface area contributed by atoms with Crippen molar-refractivity contribution < 1.29 is 9.59 Å². The average Bonchev–Trinajstić information content (AvgIpc) is 2.57. The molecule has 0 radical (unpaired) electrons. The molecule has 0 atom stereocenters. The molecule has 1 amide bonds. The van der Waals surface area contributed by atoms with E-state index < -0.39 is 0 Å². The van der Waals surface area contributed by atoms with Crippen molar-refractivity contribution in [2.75, 3.05) is 19.6 Å². The zero-order valence-corrected chi connectivity index (χ0v) is 15.2. The summed E-state index contributed by atoms with van der Waals surface area (Å²) >= 11 is 0. The molecular formula is C20H30N2O2. The Balaban J connectivity index is 1.73. The highest BCUT2D eigenvalue weighted by atomic mass is 16.2. The first-order valence-electron chi connectivity index (χ1n) is 9.11. The van der Waals surface area contributed by atoms with Crippen LogP contribution in [0.1, 0.15) is 60.5 Å². The maximum Gasteiger partial charge on any atom is 0.220 e. The molecular weight excluding hydrogens is 300 g/mol. The van der Waals surface area contributed by atoms with Gasteiger partial charge in [0.1, 0.15) is 0 Å². The number of aryl methyl sites for hydroxylation is 2. The summed E-state index contributed by atoms with van der Waals surface area (Å²) in [6.45, 7) is 9.48. The Morgan fingerprint density at radius 3 is 2.46 bits per heavy atom. The van der Waals surface area contributed by atoms with Gasteiger partial charge in [-0.05, 0) is 56.8 Å². The molecule has 1 saturated heterocycles. The molecule has 0 saturated carbocycles. The summed E-state index contributed by atoms with van der Waals surface area (Å²) in [5.74, 6) is 0.0483. The highest BCUT2D eigenvalue weighted by Crippen LogP contribution is 2.13. The van der Waals surface area contributed by atoms with Crippen LogP contribution in [0.4, 0.5) is 0 Å². The van der Waals surface area contributed by atoms with Gasteiger partial charge in [-0.15, -0.1) is 0 Å². The van der Waals surface area contributed by atoms with Crippen molar-refractivity contribution in [1.82, 2.24) is 10.2 Å². The lowest BCUT2D eigenvalue weighted by Gasteiger charge is -2.32. The van der Waals surface area contributed by atoms with Crippen molar-refractivity contribution in [3.63, 3.8) is 0 Å². The number of hydrogen-bond donors (Lipinski definition) is 1. The van der Waals surface area contributed by atoms with Crippen molar-refractivity contribution in [3.05, 3.63) is 34.9 Å². The molecule has 1 aromatic rings. The van der Waals surface area contributed by atoms with Crippen LogP contribution in [0.25, 0.3) is 0 Å². The SMILES string of the molecule is CCCN1CCC(NC(=O)CCC(=O)c2ccc(C)c(C)c2)CC1. The fraction of sp³-hybridized carbons (Fsp3) is 0.600. The van der Waals surface area contributed by atoms with E-state index in [1.54, 1.807) is 0 Å². The van der Waals surface area contributed by atoms with Crippen LogP contribution in [0.15, 0.2) is 18.2 Å². The molecule has 1 fully saturated rings. The number of piperidine rings is 1. The van der Waals surface area contributed by atoms with Crippen molar-refractivity contribution in [3.8, 4) is 0 Å². The Morgan fingerprint density at radius 2 is 1.83 bits per heavy atom. The molecule has 0 spiro atoms. The molecule has 1 heterocycles. The highest BCUT2D eigenvalue weighted by molar-refractivity contribution is 5.98. The molecule has 1 aliphatic rings. The van der Waals surface area contributed by atoms with Gasteiger partial charge in [-0.3, -0.25) is 9.59 Å². The van der Waals surface area contributed by atoms with Crippen molar-refractivity contribution in [1.29, 1.82) is 0 Å². The van der Waals surface area contributed by atoms with E-state index in [4.69, 9.17) is 0 Å². The molecule has 1 N–H and O–H groups in total. The summed E-state index contributed by atoms with van der Waals surface area (Å²) in [7, 11) is 0. The number of carbonyl (C=O) groups is 2. The van der Waals surface area contributed by atoms with E-state index in [0.717, 1.165) is 38.0 Å². The van der Waals surface area contributed by atoms with Crippen molar-refractivity contribution in [2.24, 2.45) is 0 Å². The Morgan fingerprint density at radius 1 is 1.12 bits per heavy atom. The topological polar surface area (TPSA) is 49.4 Å². The van der Waals surface area contributed by atoms with Gasteiger partial charge in [-0.2, -0.15) is 0 Å². The van der Waals surface area contributed by atoms with E-state index in [9.17, 15) is 9.59 Å². The molecule has 24 heavy (non-hydrogen) atoms. The monoisotopic (exact) mass is 330 g/mol.